The first-order valence-corrected chi connectivity index (χ1v) is 6.81. The SMILES string of the molecule is O=C1CN(c2ccccc2)C(=Nc2ccccc2)S1. The van der Waals surface area contributed by atoms with Gasteiger partial charge in [-0.15, -0.1) is 0 Å². The van der Waals surface area contributed by atoms with Crippen molar-refractivity contribution in [2.75, 3.05) is 11.4 Å². The van der Waals surface area contributed by atoms with Gasteiger partial charge in [0.25, 0.3) is 0 Å². The molecule has 1 fully saturated rings. The molecule has 1 heterocycles. The monoisotopic (exact) mass is 268 g/mol. The van der Waals surface area contributed by atoms with Gasteiger partial charge < -0.3 is 4.90 Å². The highest BCUT2D eigenvalue weighted by Gasteiger charge is 2.27. The van der Waals surface area contributed by atoms with E-state index in [1.54, 1.807) is 0 Å². The van der Waals surface area contributed by atoms with Crippen molar-refractivity contribution in [3.8, 4) is 0 Å². The molecule has 0 spiro atoms. The average Bonchev–Trinajstić information content (AvgIpc) is 2.82. The summed E-state index contributed by atoms with van der Waals surface area (Å²) in [5.74, 6) is 0. The molecule has 1 aliphatic heterocycles. The van der Waals surface area contributed by atoms with Crippen molar-refractivity contribution in [3.63, 3.8) is 0 Å². The zero-order valence-corrected chi connectivity index (χ0v) is 11.0. The number of amidine groups is 1. The lowest BCUT2D eigenvalue weighted by Crippen LogP contribution is -2.24. The summed E-state index contributed by atoms with van der Waals surface area (Å²) in [6, 6.07) is 19.5. The van der Waals surface area contributed by atoms with E-state index in [4.69, 9.17) is 0 Å². The van der Waals surface area contributed by atoms with Crippen LogP contribution in [-0.4, -0.2) is 16.8 Å². The van der Waals surface area contributed by atoms with Crippen molar-refractivity contribution in [2.24, 2.45) is 4.99 Å². The zero-order valence-electron chi connectivity index (χ0n) is 10.2. The maximum absolute atomic E-state index is 11.7. The van der Waals surface area contributed by atoms with Crippen LogP contribution in [0, 0.1) is 0 Å². The van der Waals surface area contributed by atoms with E-state index in [1.807, 2.05) is 65.6 Å². The molecule has 0 radical (unpaired) electrons. The molecule has 1 aliphatic rings. The molecule has 4 heteroatoms. The fourth-order valence-electron chi connectivity index (χ4n) is 1.89. The van der Waals surface area contributed by atoms with Crippen LogP contribution in [0.3, 0.4) is 0 Å². The molecule has 0 amide bonds. The number of aliphatic imine (C=N–C) groups is 1. The first-order chi connectivity index (χ1) is 9.33. The summed E-state index contributed by atoms with van der Waals surface area (Å²) in [6.45, 7) is 0.375. The van der Waals surface area contributed by atoms with Gasteiger partial charge in [0.2, 0.25) is 5.12 Å². The molecule has 2 aromatic rings. The fraction of sp³-hybridized carbons (Fsp3) is 0.0667. The number of carbonyl (C=O) groups is 1. The van der Waals surface area contributed by atoms with Gasteiger partial charge in [-0.3, -0.25) is 4.79 Å². The topological polar surface area (TPSA) is 32.7 Å². The molecule has 0 unspecified atom stereocenters. The largest absolute Gasteiger partial charge is 0.312 e. The highest BCUT2D eigenvalue weighted by atomic mass is 32.2. The molecule has 2 aromatic carbocycles. The number of carbonyl (C=O) groups excluding carboxylic acids is 1. The number of anilines is 1. The standard InChI is InChI=1S/C15H12N2OS/c18-14-11-17(13-9-5-2-6-10-13)15(19-14)16-12-7-3-1-4-8-12/h1-10H,11H2. The van der Waals surface area contributed by atoms with Gasteiger partial charge in [-0.2, -0.15) is 0 Å². The molecule has 0 aliphatic carbocycles. The van der Waals surface area contributed by atoms with Crippen LogP contribution in [0.1, 0.15) is 0 Å². The second-order valence-corrected chi connectivity index (χ2v) is 5.15. The third-order valence-electron chi connectivity index (χ3n) is 2.77. The summed E-state index contributed by atoms with van der Waals surface area (Å²) >= 11 is 1.20. The number of para-hydroxylation sites is 2. The van der Waals surface area contributed by atoms with Crippen molar-refractivity contribution in [1.82, 2.24) is 0 Å². The first-order valence-electron chi connectivity index (χ1n) is 6.00. The lowest BCUT2D eigenvalue weighted by atomic mass is 10.3. The molecule has 19 heavy (non-hydrogen) atoms. The minimum Gasteiger partial charge on any atom is -0.312 e. The van der Waals surface area contributed by atoms with E-state index in [0.29, 0.717) is 6.54 Å². The van der Waals surface area contributed by atoms with Crippen molar-refractivity contribution in [3.05, 3.63) is 60.7 Å². The Balaban J connectivity index is 1.95. The number of thioether (sulfide) groups is 1. The molecule has 0 bridgehead atoms. The highest BCUT2D eigenvalue weighted by Crippen LogP contribution is 2.28. The van der Waals surface area contributed by atoms with Gasteiger partial charge in [-0.05, 0) is 36.0 Å². The zero-order chi connectivity index (χ0) is 13.1. The van der Waals surface area contributed by atoms with Gasteiger partial charge in [-0.1, -0.05) is 36.4 Å². The quantitative estimate of drug-likeness (QED) is 0.836. The van der Waals surface area contributed by atoms with E-state index in [1.165, 1.54) is 11.8 Å². The molecule has 1 saturated heterocycles. The van der Waals surface area contributed by atoms with E-state index < -0.39 is 0 Å². The Morgan fingerprint density at radius 3 is 2.26 bits per heavy atom. The molecule has 3 nitrogen and oxygen atoms in total. The Morgan fingerprint density at radius 1 is 0.947 bits per heavy atom. The van der Waals surface area contributed by atoms with Gasteiger partial charge in [-0.25, -0.2) is 4.99 Å². The number of nitrogens with zero attached hydrogens (tertiary/aromatic N) is 2. The van der Waals surface area contributed by atoms with Crippen LogP contribution in [0.15, 0.2) is 65.7 Å². The molecular formula is C15H12N2OS. The van der Waals surface area contributed by atoms with Crippen LogP contribution >= 0.6 is 11.8 Å². The summed E-state index contributed by atoms with van der Waals surface area (Å²) in [7, 11) is 0. The summed E-state index contributed by atoms with van der Waals surface area (Å²) in [4.78, 5) is 18.2. The average molecular weight is 268 g/mol. The van der Waals surface area contributed by atoms with Crippen molar-refractivity contribution in [2.45, 2.75) is 0 Å². The van der Waals surface area contributed by atoms with E-state index in [-0.39, 0.29) is 5.12 Å². The van der Waals surface area contributed by atoms with Crippen LogP contribution < -0.4 is 4.90 Å². The third-order valence-corrected chi connectivity index (χ3v) is 3.62. The van der Waals surface area contributed by atoms with Crippen LogP contribution in [0.4, 0.5) is 11.4 Å². The van der Waals surface area contributed by atoms with Gasteiger partial charge in [0.15, 0.2) is 5.17 Å². The second kappa shape index (κ2) is 5.28. The summed E-state index contributed by atoms with van der Waals surface area (Å²) in [5.41, 5.74) is 1.86. The molecular weight excluding hydrogens is 256 g/mol. The Morgan fingerprint density at radius 2 is 1.58 bits per heavy atom. The highest BCUT2D eigenvalue weighted by molar-refractivity contribution is 8.27. The van der Waals surface area contributed by atoms with Crippen LogP contribution in [0.5, 0.6) is 0 Å². The summed E-state index contributed by atoms with van der Waals surface area (Å²) in [6.07, 6.45) is 0. The first kappa shape index (κ1) is 12.0. The lowest BCUT2D eigenvalue weighted by molar-refractivity contribution is -0.109. The Labute approximate surface area is 116 Å². The van der Waals surface area contributed by atoms with Crippen molar-refractivity contribution in [1.29, 1.82) is 0 Å². The van der Waals surface area contributed by atoms with Crippen LogP contribution in [0.2, 0.25) is 0 Å². The minimum absolute atomic E-state index is 0.124. The molecule has 3 rings (SSSR count). The molecule has 0 N–H and O–H groups in total. The summed E-state index contributed by atoms with van der Waals surface area (Å²) in [5, 5.41) is 0.862. The number of hydrogen-bond acceptors (Lipinski definition) is 3. The van der Waals surface area contributed by atoms with Gasteiger partial charge in [0.1, 0.15) is 0 Å². The van der Waals surface area contributed by atoms with E-state index >= 15 is 0 Å². The number of hydrogen-bond donors (Lipinski definition) is 0. The lowest BCUT2D eigenvalue weighted by Gasteiger charge is -2.16. The van der Waals surface area contributed by atoms with Gasteiger partial charge in [0.05, 0.1) is 12.2 Å². The van der Waals surface area contributed by atoms with E-state index in [0.717, 1.165) is 16.5 Å². The number of rotatable bonds is 2. The van der Waals surface area contributed by atoms with E-state index in [2.05, 4.69) is 4.99 Å². The van der Waals surface area contributed by atoms with E-state index in [9.17, 15) is 4.79 Å². The summed E-state index contributed by atoms with van der Waals surface area (Å²) < 4.78 is 0. The predicted octanol–water partition coefficient (Wildman–Crippen LogP) is 3.45. The molecule has 0 atom stereocenters. The van der Waals surface area contributed by atoms with Gasteiger partial charge >= 0.3 is 0 Å². The predicted molar refractivity (Wildman–Crippen MR) is 79.9 cm³/mol. The fourth-order valence-corrected chi connectivity index (χ4v) is 2.72. The molecule has 94 valence electrons. The maximum atomic E-state index is 11.7. The molecule has 0 saturated carbocycles. The van der Waals surface area contributed by atoms with Gasteiger partial charge in [0, 0.05) is 5.69 Å². The normalized spacial score (nSPS) is 17.2. The number of benzene rings is 2. The van der Waals surface area contributed by atoms with Crippen LogP contribution in [-0.2, 0) is 4.79 Å². The Hall–Kier alpha value is -2.07. The maximum Gasteiger partial charge on any atom is 0.216 e. The van der Waals surface area contributed by atoms with Crippen molar-refractivity contribution >= 4 is 33.4 Å². The third kappa shape index (κ3) is 2.69. The minimum atomic E-state index is 0.124. The van der Waals surface area contributed by atoms with Crippen molar-refractivity contribution < 1.29 is 4.79 Å². The smallest absolute Gasteiger partial charge is 0.216 e. The molecule has 0 aromatic heterocycles. The Bertz CT molecular complexity index is 611. The second-order valence-electron chi connectivity index (χ2n) is 4.13. The van der Waals surface area contributed by atoms with Crippen LogP contribution in [0.25, 0.3) is 0 Å². The Kier molecular flexibility index (Phi) is 3.33.